The Morgan fingerprint density at radius 2 is 1.69 bits per heavy atom. The first kappa shape index (κ1) is 22.4. The van der Waals surface area contributed by atoms with Gasteiger partial charge in [-0.3, -0.25) is 0 Å². The van der Waals surface area contributed by atoms with Crippen LogP contribution in [0, 0.1) is 23.6 Å². The number of benzene rings is 1. The second kappa shape index (κ2) is 10.7. The van der Waals surface area contributed by atoms with E-state index in [0.29, 0.717) is 35.8 Å². The molecule has 0 aromatic heterocycles. The first-order valence-corrected chi connectivity index (χ1v) is 11.8. The second-order valence-electron chi connectivity index (χ2n) is 9.45. The van der Waals surface area contributed by atoms with Crippen molar-refractivity contribution in [2.75, 3.05) is 0 Å². The number of hydrogen-bond donors (Lipinski definition) is 0. The fourth-order valence-electron chi connectivity index (χ4n) is 5.31. The van der Waals surface area contributed by atoms with Crippen LogP contribution >= 0.6 is 0 Å². The van der Waals surface area contributed by atoms with E-state index in [1.807, 2.05) is 0 Å². The summed E-state index contributed by atoms with van der Waals surface area (Å²) in [4.78, 5) is 0. The maximum Gasteiger partial charge on any atom is 0.266 e. The number of halogens is 3. The molecule has 2 aliphatic rings. The van der Waals surface area contributed by atoms with E-state index in [2.05, 4.69) is 26.0 Å². The molecule has 29 heavy (non-hydrogen) atoms. The SMILES string of the molecule is CCC1CCC(C=CCCc2ccc(C3CCC(C)CC3)c(F)c2C(F)F)CC1. The normalized spacial score (nSPS) is 28.3. The highest BCUT2D eigenvalue weighted by molar-refractivity contribution is 5.37. The molecule has 0 saturated heterocycles. The van der Waals surface area contributed by atoms with Gasteiger partial charge in [-0.25, -0.2) is 13.2 Å². The molecule has 162 valence electrons. The predicted molar refractivity (Wildman–Crippen MR) is 115 cm³/mol. The minimum atomic E-state index is -2.75. The standard InChI is InChI=1S/C26H37F3/c1-3-19-10-12-20(13-11-19)6-4-5-7-22-16-17-23(25(27)24(22)26(28)29)21-14-8-18(2)9-15-21/h4,6,16-21,26H,3,5,7-15H2,1-2H3. The number of aryl methyl sites for hydroxylation is 1. The van der Waals surface area contributed by atoms with Gasteiger partial charge in [0.1, 0.15) is 5.82 Å². The van der Waals surface area contributed by atoms with Gasteiger partial charge in [0, 0.05) is 0 Å². The maximum atomic E-state index is 15.0. The lowest BCUT2D eigenvalue weighted by molar-refractivity contribution is 0.144. The Bertz CT molecular complexity index is 663. The van der Waals surface area contributed by atoms with E-state index in [0.717, 1.165) is 31.6 Å². The lowest BCUT2D eigenvalue weighted by Crippen LogP contribution is -2.14. The van der Waals surface area contributed by atoms with Crippen LogP contribution in [0.3, 0.4) is 0 Å². The van der Waals surface area contributed by atoms with Gasteiger partial charge in [0.05, 0.1) is 5.56 Å². The molecule has 3 heteroatoms. The summed E-state index contributed by atoms with van der Waals surface area (Å²) in [5.41, 5.74) is 0.641. The van der Waals surface area contributed by atoms with Gasteiger partial charge >= 0.3 is 0 Å². The second-order valence-corrected chi connectivity index (χ2v) is 9.45. The van der Waals surface area contributed by atoms with E-state index >= 15 is 4.39 Å². The van der Waals surface area contributed by atoms with Crippen LogP contribution in [0.5, 0.6) is 0 Å². The van der Waals surface area contributed by atoms with E-state index in [1.165, 1.54) is 32.1 Å². The molecule has 0 unspecified atom stereocenters. The third kappa shape index (κ3) is 5.89. The summed E-state index contributed by atoms with van der Waals surface area (Å²) < 4.78 is 42.5. The maximum absolute atomic E-state index is 15.0. The molecule has 0 spiro atoms. The van der Waals surface area contributed by atoms with Crippen molar-refractivity contribution >= 4 is 0 Å². The zero-order valence-electron chi connectivity index (χ0n) is 18.1. The molecule has 0 bridgehead atoms. The topological polar surface area (TPSA) is 0 Å². The number of hydrogen-bond acceptors (Lipinski definition) is 0. The van der Waals surface area contributed by atoms with Crippen LogP contribution in [0.4, 0.5) is 13.2 Å². The largest absolute Gasteiger partial charge is 0.266 e. The Balaban J connectivity index is 1.62. The van der Waals surface area contributed by atoms with E-state index in [-0.39, 0.29) is 11.5 Å². The molecular formula is C26H37F3. The molecule has 1 aromatic rings. The molecule has 0 radical (unpaired) electrons. The zero-order chi connectivity index (χ0) is 20.8. The minimum Gasteiger partial charge on any atom is -0.206 e. The summed E-state index contributed by atoms with van der Waals surface area (Å²) in [6.07, 6.45) is 13.1. The van der Waals surface area contributed by atoms with Gasteiger partial charge in [-0.05, 0) is 86.2 Å². The van der Waals surface area contributed by atoms with Crippen molar-refractivity contribution in [2.24, 2.45) is 17.8 Å². The fourth-order valence-corrected chi connectivity index (χ4v) is 5.31. The molecule has 0 aliphatic heterocycles. The molecule has 0 N–H and O–H groups in total. The molecule has 0 heterocycles. The van der Waals surface area contributed by atoms with Gasteiger partial charge in [0.2, 0.25) is 0 Å². The van der Waals surface area contributed by atoms with Crippen LogP contribution in [0.2, 0.25) is 0 Å². The predicted octanol–water partition coefficient (Wildman–Crippen LogP) is 8.76. The summed E-state index contributed by atoms with van der Waals surface area (Å²) in [5, 5.41) is 0. The smallest absolute Gasteiger partial charge is 0.206 e. The summed E-state index contributed by atoms with van der Waals surface area (Å²) in [6, 6.07) is 3.55. The Kier molecular flexibility index (Phi) is 8.26. The summed E-state index contributed by atoms with van der Waals surface area (Å²) in [7, 11) is 0. The van der Waals surface area contributed by atoms with Gasteiger partial charge in [0.25, 0.3) is 6.43 Å². The van der Waals surface area contributed by atoms with E-state index in [4.69, 9.17) is 0 Å². The molecule has 2 fully saturated rings. The Hall–Kier alpha value is -1.25. The fraction of sp³-hybridized carbons (Fsp3) is 0.692. The van der Waals surface area contributed by atoms with Crippen molar-refractivity contribution in [3.05, 3.63) is 46.8 Å². The Morgan fingerprint density at radius 3 is 2.31 bits per heavy atom. The number of alkyl halides is 2. The van der Waals surface area contributed by atoms with Crippen LogP contribution in [0.1, 0.15) is 107 Å². The van der Waals surface area contributed by atoms with E-state index in [1.54, 1.807) is 12.1 Å². The average molecular weight is 407 g/mol. The van der Waals surface area contributed by atoms with E-state index < -0.39 is 12.2 Å². The Labute approximate surface area is 175 Å². The summed E-state index contributed by atoms with van der Waals surface area (Å²) in [5.74, 6) is 1.61. The van der Waals surface area contributed by atoms with Crippen molar-refractivity contribution in [3.8, 4) is 0 Å². The lowest BCUT2D eigenvalue weighted by atomic mass is 9.78. The third-order valence-corrected chi connectivity index (χ3v) is 7.43. The van der Waals surface area contributed by atoms with Crippen LogP contribution in [0.25, 0.3) is 0 Å². The number of rotatable bonds is 7. The molecule has 0 atom stereocenters. The van der Waals surface area contributed by atoms with Gasteiger partial charge < -0.3 is 0 Å². The minimum absolute atomic E-state index is 0.0934. The third-order valence-electron chi connectivity index (χ3n) is 7.43. The monoisotopic (exact) mass is 406 g/mol. The molecule has 0 amide bonds. The molecule has 2 aliphatic carbocycles. The van der Waals surface area contributed by atoms with Crippen LogP contribution < -0.4 is 0 Å². The molecular weight excluding hydrogens is 369 g/mol. The van der Waals surface area contributed by atoms with Gasteiger partial charge in [-0.1, -0.05) is 57.4 Å². The van der Waals surface area contributed by atoms with Gasteiger partial charge in [-0.2, -0.15) is 0 Å². The first-order valence-electron chi connectivity index (χ1n) is 11.8. The van der Waals surface area contributed by atoms with E-state index in [9.17, 15) is 8.78 Å². The molecule has 3 rings (SSSR count). The average Bonchev–Trinajstić information content (AvgIpc) is 2.72. The quantitative estimate of drug-likeness (QED) is 0.397. The summed E-state index contributed by atoms with van der Waals surface area (Å²) >= 11 is 0. The van der Waals surface area contributed by atoms with Crippen LogP contribution in [-0.4, -0.2) is 0 Å². The first-order chi connectivity index (χ1) is 14.0. The zero-order valence-corrected chi connectivity index (χ0v) is 18.1. The van der Waals surface area contributed by atoms with Crippen molar-refractivity contribution in [1.82, 2.24) is 0 Å². The highest BCUT2D eigenvalue weighted by atomic mass is 19.3. The Morgan fingerprint density at radius 1 is 1.00 bits per heavy atom. The van der Waals surface area contributed by atoms with Crippen molar-refractivity contribution < 1.29 is 13.2 Å². The summed E-state index contributed by atoms with van der Waals surface area (Å²) in [6.45, 7) is 4.48. The molecule has 1 aromatic carbocycles. The molecule has 0 nitrogen and oxygen atoms in total. The lowest BCUT2D eigenvalue weighted by Gasteiger charge is -2.27. The number of allylic oxidation sites excluding steroid dienone is 2. The van der Waals surface area contributed by atoms with Gasteiger partial charge in [-0.15, -0.1) is 0 Å². The van der Waals surface area contributed by atoms with Crippen molar-refractivity contribution in [1.29, 1.82) is 0 Å². The van der Waals surface area contributed by atoms with Crippen molar-refractivity contribution in [3.63, 3.8) is 0 Å². The van der Waals surface area contributed by atoms with Crippen LogP contribution in [0.15, 0.2) is 24.3 Å². The van der Waals surface area contributed by atoms with Crippen molar-refractivity contribution in [2.45, 2.75) is 96.8 Å². The van der Waals surface area contributed by atoms with Gasteiger partial charge in [0.15, 0.2) is 0 Å². The highest BCUT2D eigenvalue weighted by Crippen LogP contribution is 2.39. The molecule has 2 saturated carbocycles. The highest BCUT2D eigenvalue weighted by Gasteiger charge is 2.27. The van der Waals surface area contributed by atoms with Crippen LogP contribution in [-0.2, 0) is 6.42 Å².